The maximum Gasteiger partial charge on any atom is 0.259 e. The fourth-order valence-corrected chi connectivity index (χ4v) is 8.12. The molecule has 4 nitrogen and oxygen atoms in total. The molecule has 29 heavy (non-hydrogen) atoms. The lowest BCUT2D eigenvalue weighted by molar-refractivity contribution is -0.0130. The second-order valence-corrected chi connectivity index (χ2v) is 10.4. The van der Waals surface area contributed by atoms with Crippen LogP contribution in [-0.2, 0) is 4.74 Å². The van der Waals surface area contributed by atoms with Gasteiger partial charge in [0.1, 0.15) is 22.7 Å². The van der Waals surface area contributed by atoms with Gasteiger partial charge in [0.2, 0.25) is 0 Å². The van der Waals surface area contributed by atoms with E-state index in [1.807, 2.05) is 48.5 Å². The molecule has 1 saturated carbocycles. The van der Waals surface area contributed by atoms with E-state index in [1.54, 1.807) is 23.5 Å². The van der Waals surface area contributed by atoms with Gasteiger partial charge in [0.15, 0.2) is 4.27 Å². The fraction of sp³-hybridized carbons (Fsp3) is 0.348. The molecule has 6 heteroatoms. The average molecular weight is 418 g/mol. The minimum Gasteiger partial charge on any atom is -0.316 e. The van der Waals surface area contributed by atoms with Crippen molar-refractivity contribution in [2.45, 2.75) is 46.3 Å². The summed E-state index contributed by atoms with van der Waals surface area (Å²) in [5, 5.41) is 20.7. The van der Waals surface area contributed by atoms with Crippen molar-refractivity contribution in [3.8, 4) is 12.1 Å². The summed E-state index contributed by atoms with van der Waals surface area (Å²) >= 11 is 3.20. The molecular weight excluding hydrogens is 398 g/mol. The summed E-state index contributed by atoms with van der Waals surface area (Å²) in [7, 11) is 0. The molecule has 144 valence electrons. The number of nitrogens with zero attached hydrogens (tertiary/aromatic N) is 3. The van der Waals surface area contributed by atoms with Crippen molar-refractivity contribution in [1.29, 1.82) is 10.5 Å². The summed E-state index contributed by atoms with van der Waals surface area (Å²) < 4.78 is 5.78. The highest BCUT2D eigenvalue weighted by Crippen LogP contribution is 2.70. The lowest BCUT2D eigenvalue weighted by Crippen LogP contribution is -2.46. The van der Waals surface area contributed by atoms with Gasteiger partial charge in [-0.2, -0.15) is 10.5 Å². The minimum absolute atomic E-state index is 0.381. The van der Waals surface area contributed by atoms with Crippen LogP contribution in [0.4, 0.5) is 0 Å². The Hall–Kier alpha value is -2.25. The molecular formula is C23H19N3OS2. The Morgan fingerprint density at radius 3 is 2.17 bits per heavy atom. The average Bonchev–Trinajstić information content (AvgIpc) is 3.47. The van der Waals surface area contributed by atoms with Crippen molar-refractivity contribution in [2.24, 2.45) is 4.99 Å². The summed E-state index contributed by atoms with van der Waals surface area (Å²) in [6.45, 7) is 0. The van der Waals surface area contributed by atoms with Gasteiger partial charge in [-0.3, -0.25) is 4.99 Å². The molecule has 0 unspecified atom stereocenters. The lowest BCUT2D eigenvalue weighted by Gasteiger charge is -2.36. The fourth-order valence-electron chi connectivity index (χ4n) is 4.49. The van der Waals surface area contributed by atoms with Crippen LogP contribution in [0.2, 0.25) is 0 Å². The van der Waals surface area contributed by atoms with Crippen LogP contribution >= 0.6 is 23.5 Å². The molecule has 2 fully saturated rings. The molecule has 2 aliphatic heterocycles. The van der Waals surface area contributed by atoms with E-state index in [2.05, 4.69) is 24.3 Å². The Morgan fingerprint density at radius 1 is 0.931 bits per heavy atom. The Morgan fingerprint density at radius 2 is 1.55 bits per heavy atom. The second-order valence-electron chi connectivity index (χ2n) is 7.65. The first-order chi connectivity index (χ1) is 14.2. The van der Waals surface area contributed by atoms with Crippen LogP contribution in [0.1, 0.15) is 42.1 Å². The summed E-state index contributed by atoms with van der Waals surface area (Å²) in [6, 6.07) is 24.4. The summed E-state index contributed by atoms with van der Waals surface area (Å²) in [5.74, 6) is 0. The molecule has 2 heterocycles. The van der Waals surface area contributed by atoms with E-state index in [-0.39, 0.29) is 5.25 Å². The van der Waals surface area contributed by atoms with Crippen LogP contribution in [0.25, 0.3) is 0 Å². The van der Waals surface area contributed by atoms with Gasteiger partial charge in [-0.15, -0.1) is 0 Å². The molecule has 2 aromatic carbocycles. The molecule has 0 radical (unpaired) electrons. The van der Waals surface area contributed by atoms with E-state index in [0.717, 1.165) is 41.9 Å². The van der Waals surface area contributed by atoms with Gasteiger partial charge < -0.3 is 4.74 Å². The van der Waals surface area contributed by atoms with Crippen molar-refractivity contribution >= 4 is 28.6 Å². The molecule has 2 atom stereocenters. The van der Waals surface area contributed by atoms with E-state index in [0.29, 0.717) is 0 Å². The zero-order valence-electron chi connectivity index (χ0n) is 15.7. The van der Waals surface area contributed by atoms with Gasteiger partial charge in [0.25, 0.3) is 5.60 Å². The third-order valence-corrected chi connectivity index (χ3v) is 9.34. The molecule has 0 N–H and O–H groups in total. The van der Waals surface area contributed by atoms with Crippen molar-refractivity contribution in [1.82, 2.24) is 0 Å². The number of aliphatic imine (C=N–C) groups is 1. The first-order valence-corrected chi connectivity index (χ1v) is 11.5. The standard InChI is InChI=1S/C23H19N3OS2/c24-15-21(16-25)19(17-9-3-1-4-10-17)28-23(27-21)22(13-7-8-14-22)26-20(29-23)18-11-5-2-6-12-18/h1-6,9-12,19H,7-8,13-14H2/t19-,23+/m1/s1. The number of hydrogen-bond acceptors (Lipinski definition) is 6. The molecule has 0 aromatic heterocycles. The number of nitriles is 2. The van der Waals surface area contributed by atoms with E-state index in [9.17, 15) is 10.5 Å². The Labute approximate surface area is 179 Å². The van der Waals surface area contributed by atoms with Crippen molar-refractivity contribution in [3.05, 3.63) is 71.8 Å². The van der Waals surface area contributed by atoms with E-state index >= 15 is 0 Å². The minimum atomic E-state index is -1.53. The molecule has 2 spiro atoms. The van der Waals surface area contributed by atoms with Crippen molar-refractivity contribution < 1.29 is 4.74 Å². The predicted octanol–water partition coefficient (Wildman–Crippen LogP) is 5.44. The number of thioether (sulfide) groups is 2. The van der Waals surface area contributed by atoms with Gasteiger partial charge in [-0.25, -0.2) is 0 Å². The van der Waals surface area contributed by atoms with Crippen molar-refractivity contribution in [2.75, 3.05) is 0 Å². The van der Waals surface area contributed by atoms with Gasteiger partial charge >= 0.3 is 0 Å². The van der Waals surface area contributed by atoms with Gasteiger partial charge in [0, 0.05) is 5.56 Å². The number of benzene rings is 2. The highest BCUT2D eigenvalue weighted by atomic mass is 32.2. The summed E-state index contributed by atoms with van der Waals surface area (Å²) in [6.07, 6.45) is 4.00. The van der Waals surface area contributed by atoms with Crippen molar-refractivity contribution in [3.63, 3.8) is 0 Å². The van der Waals surface area contributed by atoms with E-state index < -0.39 is 15.4 Å². The van der Waals surface area contributed by atoms with E-state index in [4.69, 9.17) is 9.73 Å². The third kappa shape index (κ3) is 2.74. The second kappa shape index (κ2) is 6.92. The van der Waals surface area contributed by atoms with Crippen LogP contribution in [0, 0.1) is 22.7 Å². The molecule has 1 aliphatic carbocycles. The molecule has 5 rings (SSSR count). The Kier molecular flexibility index (Phi) is 4.47. The topological polar surface area (TPSA) is 69.2 Å². The normalized spacial score (nSPS) is 28.9. The van der Waals surface area contributed by atoms with E-state index in [1.165, 1.54) is 0 Å². The zero-order valence-corrected chi connectivity index (χ0v) is 17.4. The maximum absolute atomic E-state index is 10.0. The first-order valence-electron chi connectivity index (χ1n) is 9.76. The predicted molar refractivity (Wildman–Crippen MR) is 116 cm³/mol. The third-order valence-electron chi connectivity index (χ3n) is 5.94. The summed E-state index contributed by atoms with van der Waals surface area (Å²) in [5.41, 5.74) is 0.0682. The number of ether oxygens (including phenoxy) is 1. The van der Waals surface area contributed by atoms with Crippen LogP contribution in [-0.4, -0.2) is 20.4 Å². The Balaban J connectivity index is 1.61. The van der Waals surface area contributed by atoms with Crippen LogP contribution in [0.5, 0.6) is 0 Å². The molecule has 0 amide bonds. The highest BCUT2D eigenvalue weighted by molar-refractivity contribution is 8.26. The largest absolute Gasteiger partial charge is 0.316 e. The Bertz CT molecular complexity index is 1020. The van der Waals surface area contributed by atoms with Crippen LogP contribution in [0.15, 0.2) is 65.7 Å². The van der Waals surface area contributed by atoms with Crippen LogP contribution < -0.4 is 0 Å². The molecule has 0 bridgehead atoms. The van der Waals surface area contributed by atoms with Gasteiger partial charge in [-0.05, 0) is 18.4 Å². The number of fused-ring (bicyclic) bond motifs is 1. The molecule has 1 saturated heterocycles. The quantitative estimate of drug-likeness (QED) is 0.651. The van der Waals surface area contributed by atoms with Crippen LogP contribution in [0.3, 0.4) is 0 Å². The van der Waals surface area contributed by atoms with Gasteiger partial charge in [-0.1, -0.05) is 97.0 Å². The zero-order chi connectivity index (χ0) is 20.0. The lowest BCUT2D eigenvalue weighted by atomic mass is 9.95. The molecule has 3 aliphatic rings. The number of rotatable bonds is 2. The molecule has 2 aromatic rings. The first kappa shape index (κ1) is 18.8. The van der Waals surface area contributed by atoms with Gasteiger partial charge in [0.05, 0.1) is 5.25 Å². The summed E-state index contributed by atoms with van der Waals surface area (Å²) in [4.78, 5) is 5.20. The monoisotopic (exact) mass is 417 g/mol. The number of hydrogen-bond donors (Lipinski definition) is 0. The smallest absolute Gasteiger partial charge is 0.259 e. The maximum atomic E-state index is 10.0. The SMILES string of the molecule is N#CC1(C#N)O[C@]2(SC(c3ccccc3)=NC23CCCC3)S[C@@H]1c1ccccc1. The highest BCUT2D eigenvalue weighted by Gasteiger charge is 2.70.